The van der Waals surface area contributed by atoms with E-state index in [1.165, 1.54) is 0 Å². The van der Waals surface area contributed by atoms with Gasteiger partial charge in [-0.15, -0.1) is 0 Å². The minimum Gasteiger partial charge on any atom is -0.507 e. The van der Waals surface area contributed by atoms with Crippen LogP contribution in [0.3, 0.4) is 0 Å². The normalized spacial score (nSPS) is 19.7. The van der Waals surface area contributed by atoms with Crippen molar-refractivity contribution in [2.24, 2.45) is 0 Å². The van der Waals surface area contributed by atoms with E-state index in [1.807, 2.05) is 63.2 Å². The van der Waals surface area contributed by atoms with E-state index in [-0.39, 0.29) is 17.4 Å². The fourth-order valence-electron chi connectivity index (χ4n) is 5.36. The number of fused-ring (bicyclic) bond motifs is 1. The van der Waals surface area contributed by atoms with Crippen LogP contribution in [-0.2, 0) is 16.0 Å². The summed E-state index contributed by atoms with van der Waals surface area (Å²) in [6, 6.07) is 10.2. The Morgan fingerprint density at radius 3 is 2.58 bits per heavy atom. The number of carbonyl (C=O) groups excluding carboxylic acids is 2. The number of aliphatic hydroxyl groups excluding tert-OH is 1. The first kappa shape index (κ1) is 29.5. The van der Waals surface area contributed by atoms with Crippen molar-refractivity contribution in [3.05, 3.63) is 58.7 Å². The van der Waals surface area contributed by atoms with Gasteiger partial charge >= 0.3 is 0 Å². The molecule has 40 heavy (non-hydrogen) atoms. The van der Waals surface area contributed by atoms with Crippen molar-refractivity contribution < 1.29 is 28.9 Å². The van der Waals surface area contributed by atoms with E-state index in [2.05, 4.69) is 6.92 Å². The Labute approximate surface area is 237 Å². The zero-order valence-corrected chi connectivity index (χ0v) is 24.4. The summed E-state index contributed by atoms with van der Waals surface area (Å²) in [7, 11) is 3.94. The van der Waals surface area contributed by atoms with Crippen LogP contribution in [0.5, 0.6) is 17.2 Å². The van der Waals surface area contributed by atoms with E-state index in [9.17, 15) is 14.7 Å². The molecule has 2 atom stereocenters. The monoisotopic (exact) mass is 550 g/mol. The Hall–Kier alpha value is -3.52. The largest absolute Gasteiger partial charge is 0.507 e. The van der Waals surface area contributed by atoms with Crippen LogP contribution in [0.1, 0.15) is 69.2 Å². The van der Waals surface area contributed by atoms with Gasteiger partial charge in [0.1, 0.15) is 17.6 Å². The Morgan fingerprint density at radius 2 is 1.85 bits per heavy atom. The average molecular weight is 551 g/mol. The molecule has 8 nitrogen and oxygen atoms in total. The number of unbranched alkanes of at least 4 members (excludes halogenated alkanes) is 2. The molecule has 4 rings (SSSR count). The van der Waals surface area contributed by atoms with Gasteiger partial charge in [0, 0.05) is 18.5 Å². The van der Waals surface area contributed by atoms with Gasteiger partial charge in [0.2, 0.25) is 0 Å². The van der Waals surface area contributed by atoms with Crippen LogP contribution in [-0.4, -0.2) is 73.1 Å². The highest BCUT2D eigenvalue weighted by molar-refractivity contribution is 6.46. The van der Waals surface area contributed by atoms with E-state index in [0.717, 1.165) is 43.5 Å². The summed E-state index contributed by atoms with van der Waals surface area (Å²) in [6.07, 6.45) is 4.58. The maximum absolute atomic E-state index is 13.5. The maximum Gasteiger partial charge on any atom is 0.295 e. The van der Waals surface area contributed by atoms with E-state index in [1.54, 1.807) is 11.0 Å². The molecule has 2 aromatic rings. The number of benzene rings is 2. The van der Waals surface area contributed by atoms with Crippen LogP contribution in [0.15, 0.2) is 42.0 Å². The molecule has 1 N–H and O–H groups in total. The standard InChI is InChI=1S/C32H42N2O6/c1-6-8-9-17-39-26-14-11-22(20-27(26)38-7-2)29-28(31(36)32(37)34(29)16-10-15-33(4)5)30(35)23-12-13-25-24(19-23)18-21(3)40-25/h11-14,19-21,29,35H,6-10,15-18H2,1-5H3/b30-28+/t21-,29-/m0/s1. The lowest BCUT2D eigenvalue weighted by molar-refractivity contribution is -0.139. The second-order valence-electron chi connectivity index (χ2n) is 10.8. The van der Waals surface area contributed by atoms with Crippen LogP contribution in [0, 0.1) is 0 Å². The molecule has 1 amide bonds. The molecule has 0 bridgehead atoms. The quantitative estimate of drug-likeness (QED) is 0.156. The molecule has 0 radical (unpaired) electrons. The van der Waals surface area contributed by atoms with Crippen molar-refractivity contribution in [3.63, 3.8) is 0 Å². The van der Waals surface area contributed by atoms with E-state index < -0.39 is 17.7 Å². The molecule has 1 saturated heterocycles. The van der Waals surface area contributed by atoms with Gasteiger partial charge in [-0.1, -0.05) is 25.8 Å². The molecule has 2 heterocycles. The highest BCUT2D eigenvalue weighted by Crippen LogP contribution is 2.43. The SMILES string of the molecule is CCCCCOc1ccc([C@H]2/C(=C(\O)c3ccc4c(c3)C[C@H](C)O4)C(=O)C(=O)N2CCCN(C)C)cc1OCC. The predicted molar refractivity (Wildman–Crippen MR) is 155 cm³/mol. The number of carbonyl (C=O) groups is 2. The van der Waals surface area contributed by atoms with Crippen molar-refractivity contribution in [1.82, 2.24) is 9.80 Å². The topological polar surface area (TPSA) is 88.5 Å². The minimum absolute atomic E-state index is 0.0503. The summed E-state index contributed by atoms with van der Waals surface area (Å²) in [5.41, 5.74) is 2.24. The molecule has 0 unspecified atom stereocenters. The Morgan fingerprint density at radius 1 is 1.05 bits per heavy atom. The first-order valence-electron chi connectivity index (χ1n) is 14.4. The molecule has 1 fully saturated rings. The Kier molecular flexibility index (Phi) is 9.74. The molecular formula is C32H42N2O6. The Bertz CT molecular complexity index is 1250. The molecule has 0 saturated carbocycles. The van der Waals surface area contributed by atoms with Gasteiger partial charge in [-0.3, -0.25) is 9.59 Å². The molecule has 0 aliphatic carbocycles. The number of ketones is 1. The molecule has 2 aromatic carbocycles. The van der Waals surface area contributed by atoms with Crippen molar-refractivity contribution >= 4 is 17.4 Å². The van der Waals surface area contributed by atoms with Crippen LogP contribution < -0.4 is 14.2 Å². The number of Topliss-reactive ketones (excluding diaryl/α,β-unsaturated/α-hetero) is 1. The zero-order chi connectivity index (χ0) is 28.8. The van der Waals surface area contributed by atoms with Gasteiger partial charge in [0.15, 0.2) is 11.5 Å². The molecule has 216 valence electrons. The van der Waals surface area contributed by atoms with E-state index >= 15 is 0 Å². The van der Waals surface area contributed by atoms with E-state index in [0.29, 0.717) is 48.8 Å². The predicted octanol–water partition coefficient (Wildman–Crippen LogP) is 5.35. The van der Waals surface area contributed by atoms with Crippen LogP contribution >= 0.6 is 0 Å². The second-order valence-corrected chi connectivity index (χ2v) is 10.8. The number of amides is 1. The van der Waals surface area contributed by atoms with Gasteiger partial charge in [0.25, 0.3) is 11.7 Å². The highest BCUT2D eigenvalue weighted by Gasteiger charge is 2.46. The number of ether oxygens (including phenoxy) is 3. The molecule has 0 aromatic heterocycles. The number of likely N-dealkylation sites (tertiary alicyclic amines) is 1. The third-order valence-corrected chi connectivity index (χ3v) is 7.30. The van der Waals surface area contributed by atoms with Crippen molar-refractivity contribution in [3.8, 4) is 17.2 Å². The van der Waals surface area contributed by atoms with Gasteiger partial charge in [0.05, 0.1) is 24.8 Å². The number of hydrogen-bond acceptors (Lipinski definition) is 7. The lowest BCUT2D eigenvalue weighted by Gasteiger charge is -2.26. The molecule has 2 aliphatic rings. The van der Waals surface area contributed by atoms with Gasteiger partial charge in [-0.05, 0) is 88.8 Å². The number of rotatable bonds is 13. The minimum atomic E-state index is -0.751. The summed E-state index contributed by atoms with van der Waals surface area (Å²) in [5.74, 6) is 0.480. The van der Waals surface area contributed by atoms with Gasteiger partial charge < -0.3 is 29.1 Å². The summed E-state index contributed by atoms with van der Waals surface area (Å²) in [6.45, 7) is 8.19. The molecule has 0 spiro atoms. The summed E-state index contributed by atoms with van der Waals surface area (Å²) in [5, 5.41) is 11.5. The van der Waals surface area contributed by atoms with E-state index in [4.69, 9.17) is 14.2 Å². The fraction of sp³-hybridized carbons (Fsp3) is 0.500. The molecular weight excluding hydrogens is 508 g/mol. The Balaban J connectivity index is 1.76. The smallest absolute Gasteiger partial charge is 0.295 e. The number of hydrogen-bond donors (Lipinski definition) is 1. The third kappa shape index (κ3) is 6.44. The van der Waals surface area contributed by atoms with Crippen LogP contribution in [0.2, 0.25) is 0 Å². The number of aliphatic hydroxyl groups is 1. The van der Waals surface area contributed by atoms with Crippen LogP contribution in [0.25, 0.3) is 5.76 Å². The lowest BCUT2D eigenvalue weighted by atomic mass is 9.94. The lowest BCUT2D eigenvalue weighted by Crippen LogP contribution is -2.32. The average Bonchev–Trinajstić information content (AvgIpc) is 3.42. The van der Waals surface area contributed by atoms with Crippen molar-refractivity contribution in [2.45, 2.75) is 65.0 Å². The summed E-state index contributed by atoms with van der Waals surface area (Å²) < 4.78 is 17.7. The van der Waals surface area contributed by atoms with Crippen molar-refractivity contribution in [2.75, 3.05) is 40.4 Å². The summed E-state index contributed by atoms with van der Waals surface area (Å²) in [4.78, 5) is 30.5. The van der Waals surface area contributed by atoms with Crippen molar-refractivity contribution in [1.29, 1.82) is 0 Å². The first-order valence-corrected chi connectivity index (χ1v) is 14.4. The molecule has 8 heteroatoms. The number of nitrogens with zero attached hydrogens (tertiary/aromatic N) is 2. The third-order valence-electron chi connectivity index (χ3n) is 7.30. The molecule has 2 aliphatic heterocycles. The second kappa shape index (κ2) is 13.2. The van der Waals surface area contributed by atoms with Crippen LogP contribution in [0.4, 0.5) is 0 Å². The zero-order valence-electron chi connectivity index (χ0n) is 24.4. The maximum atomic E-state index is 13.5. The van der Waals surface area contributed by atoms with Gasteiger partial charge in [-0.2, -0.15) is 0 Å². The highest BCUT2D eigenvalue weighted by atomic mass is 16.5. The first-order chi connectivity index (χ1) is 19.2. The fourth-order valence-corrected chi connectivity index (χ4v) is 5.36. The summed E-state index contributed by atoms with van der Waals surface area (Å²) >= 11 is 0. The van der Waals surface area contributed by atoms with Gasteiger partial charge in [-0.25, -0.2) is 0 Å².